The number of piperidine rings is 1. The molecule has 0 bridgehead atoms. The predicted octanol–water partition coefficient (Wildman–Crippen LogP) is 0.357. The van der Waals surface area contributed by atoms with Gasteiger partial charge in [-0.2, -0.15) is 0 Å². The largest absolute Gasteiger partial charge is 0.388 e. The van der Waals surface area contributed by atoms with Crippen molar-refractivity contribution >= 4 is 5.90 Å². The third-order valence-electron chi connectivity index (χ3n) is 2.35. The summed E-state index contributed by atoms with van der Waals surface area (Å²) in [7, 11) is 0. The molecule has 2 rings (SSSR count). The van der Waals surface area contributed by atoms with E-state index in [0.29, 0.717) is 13.0 Å². The highest BCUT2D eigenvalue weighted by atomic mass is 19.1. The molecule has 0 spiro atoms. The molecule has 13 heavy (non-hydrogen) atoms. The minimum Gasteiger partial charge on any atom is -0.388 e. The number of hydrogen-bond donors (Lipinski definition) is 2. The van der Waals surface area contributed by atoms with Gasteiger partial charge in [0.1, 0.15) is 6.17 Å². The van der Waals surface area contributed by atoms with E-state index in [9.17, 15) is 4.39 Å². The Labute approximate surface area is 76.5 Å². The van der Waals surface area contributed by atoms with Gasteiger partial charge in [0.15, 0.2) is 5.67 Å². The minimum absolute atomic E-state index is 0.135. The van der Waals surface area contributed by atoms with Crippen molar-refractivity contribution in [3.8, 4) is 0 Å². The Balaban J connectivity index is 2.09. The molecular formula is C8H14FN3O. The third-order valence-corrected chi connectivity index (χ3v) is 2.35. The average molecular weight is 187 g/mol. The molecular weight excluding hydrogens is 173 g/mol. The first kappa shape index (κ1) is 8.90. The van der Waals surface area contributed by atoms with Crippen LogP contribution in [0.15, 0.2) is 4.99 Å². The van der Waals surface area contributed by atoms with E-state index in [1.165, 1.54) is 0 Å². The molecule has 0 aliphatic carbocycles. The SMILES string of the molecule is CC1N=C(C2(F)CCCNC2)ON1. The van der Waals surface area contributed by atoms with Crippen molar-refractivity contribution < 1.29 is 9.23 Å². The molecule has 2 atom stereocenters. The van der Waals surface area contributed by atoms with E-state index in [4.69, 9.17) is 4.84 Å². The molecule has 0 saturated carbocycles. The number of hydroxylamine groups is 1. The van der Waals surface area contributed by atoms with E-state index in [2.05, 4.69) is 15.8 Å². The molecule has 2 N–H and O–H groups in total. The molecule has 5 heteroatoms. The van der Waals surface area contributed by atoms with Crippen LogP contribution in [0.25, 0.3) is 0 Å². The lowest BCUT2D eigenvalue weighted by molar-refractivity contribution is 0.117. The quantitative estimate of drug-likeness (QED) is 0.623. The van der Waals surface area contributed by atoms with E-state index < -0.39 is 5.67 Å². The topological polar surface area (TPSA) is 45.7 Å². The lowest BCUT2D eigenvalue weighted by Crippen LogP contribution is -2.48. The van der Waals surface area contributed by atoms with Gasteiger partial charge in [0.05, 0.1) is 0 Å². The highest BCUT2D eigenvalue weighted by Crippen LogP contribution is 2.25. The minimum atomic E-state index is -1.41. The Kier molecular flexibility index (Phi) is 2.21. The molecule has 0 amide bonds. The predicted molar refractivity (Wildman–Crippen MR) is 47.1 cm³/mol. The lowest BCUT2D eigenvalue weighted by atomic mass is 9.96. The fraction of sp³-hybridized carbons (Fsp3) is 0.875. The van der Waals surface area contributed by atoms with Crippen molar-refractivity contribution in [2.24, 2.45) is 4.99 Å². The number of nitrogens with zero attached hydrogens (tertiary/aromatic N) is 1. The van der Waals surface area contributed by atoms with Crippen LogP contribution in [0.4, 0.5) is 4.39 Å². The van der Waals surface area contributed by atoms with Gasteiger partial charge in [-0.1, -0.05) is 0 Å². The Hall–Kier alpha value is -0.680. The Morgan fingerprint density at radius 2 is 2.54 bits per heavy atom. The molecule has 0 aromatic carbocycles. The highest BCUT2D eigenvalue weighted by Gasteiger charge is 2.41. The molecule has 74 valence electrons. The van der Waals surface area contributed by atoms with Crippen LogP contribution >= 0.6 is 0 Å². The smallest absolute Gasteiger partial charge is 0.250 e. The summed E-state index contributed by atoms with van der Waals surface area (Å²) in [6.45, 7) is 3.01. The Bertz CT molecular complexity index is 225. The monoisotopic (exact) mass is 187 g/mol. The number of halogens is 1. The van der Waals surface area contributed by atoms with E-state index in [-0.39, 0.29) is 12.1 Å². The van der Waals surface area contributed by atoms with Gasteiger partial charge in [-0.3, -0.25) is 0 Å². The van der Waals surface area contributed by atoms with Crippen molar-refractivity contribution in [3.63, 3.8) is 0 Å². The molecule has 2 aliphatic rings. The Morgan fingerprint density at radius 3 is 3.08 bits per heavy atom. The summed E-state index contributed by atoms with van der Waals surface area (Å²) in [5.41, 5.74) is 1.21. The fourth-order valence-corrected chi connectivity index (χ4v) is 1.63. The van der Waals surface area contributed by atoms with Gasteiger partial charge in [0.2, 0.25) is 5.90 Å². The number of rotatable bonds is 1. The summed E-state index contributed by atoms with van der Waals surface area (Å²) < 4.78 is 14.1. The van der Waals surface area contributed by atoms with Crippen LogP contribution in [0.1, 0.15) is 19.8 Å². The standard InChI is InChI=1S/C8H14FN3O/c1-6-11-7(13-12-6)8(9)3-2-4-10-5-8/h6,10,12H,2-5H2,1H3. The summed E-state index contributed by atoms with van der Waals surface area (Å²) in [5.74, 6) is 0.201. The second kappa shape index (κ2) is 3.23. The number of aliphatic imine (C=N–C) groups is 1. The molecule has 4 nitrogen and oxygen atoms in total. The summed E-state index contributed by atoms with van der Waals surface area (Å²) in [6.07, 6.45) is 1.19. The van der Waals surface area contributed by atoms with Crippen LogP contribution in [0.3, 0.4) is 0 Å². The first-order chi connectivity index (χ1) is 6.21. The van der Waals surface area contributed by atoms with Crippen LogP contribution < -0.4 is 10.8 Å². The van der Waals surface area contributed by atoms with Gasteiger partial charge in [-0.25, -0.2) is 9.38 Å². The maximum absolute atomic E-state index is 14.1. The first-order valence-corrected chi connectivity index (χ1v) is 4.61. The lowest BCUT2D eigenvalue weighted by Gasteiger charge is -2.28. The van der Waals surface area contributed by atoms with Crippen LogP contribution in [-0.4, -0.2) is 30.8 Å². The van der Waals surface area contributed by atoms with Gasteiger partial charge in [-0.15, -0.1) is 5.48 Å². The van der Waals surface area contributed by atoms with Crippen molar-refractivity contribution in [1.82, 2.24) is 10.8 Å². The normalized spacial score (nSPS) is 39.8. The fourth-order valence-electron chi connectivity index (χ4n) is 1.63. The zero-order valence-electron chi connectivity index (χ0n) is 7.64. The van der Waals surface area contributed by atoms with Gasteiger partial charge >= 0.3 is 0 Å². The number of nitrogens with one attached hydrogen (secondary N) is 2. The Morgan fingerprint density at radius 1 is 1.69 bits per heavy atom. The zero-order chi connectivity index (χ0) is 9.31. The van der Waals surface area contributed by atoms with E-state index in [1.807, 2.05) is 6.92 Å². The van der Waals surface area contributed by atoms with Crippen molar-refractivity contribution in [3.05, 3.63) is 0 Å². The van der Waals surface area contributed by atoms with Gasteiger partial charge in [0.25, 0.3) is 0 Å². The van der Waals surface area contributed by atoms with E-state index in [0.717, 1.165) is 13.0 Å². The molecule has 0 aromatic heterocycles. The molecule has 1 saturated heterocycles. The van der Waals surface area contributed by atoms with Crippen molar-refractivity contribution in [1.29, 1.82) is 0 Å². The van der Waals surface area contributed by atoms with Gasteiger partial charge < -0.3 is 10.2 Å². The maximum atomic E-state index is 14.1. The van der Waals surface area contributed by atoms with Crippen LogP contribution in [0.2, 0.25) is 0 Å². The first-order valence-electron chi connectivity index (χ1n) is 4.61. The summed E-state index contributed by atoms with van der Waals surface area (Å²) >= 11 is 0. The van der Waals surface area contributed by atoms with Crippen LogP contribution in [-0.2, 0) is 4.84 Å². The number of alkyl halides is 1. The molecule has 2 aliphatic heterocycles. The molecule has 0 aromatic rings. The second-order valence-corrected chi connectivity index (χ2v) is 3.58. The van der Waals surface area contributed by atoms with E-state index in [1.54, 1.807) is 0 Å². The van der Waals surface area contributed by atoms with E-state index >= 15 is 0 Å². The third kappa shape index (κ3) is 1.66. The summed E-state index contributed by atoms with van der Waals surface area (Å²) in [4.78, 5) is 9.04. The molecule has 2 unspecified atom stereocenters. The molecule has 2 heterocycles. The van der Waals surface area contributed by atoms with Crippen molar-refractivity contribution in [2.45, 2.75) is 31.6 Å². The summed E-state index contributed by atoms with van der Waals surface area (Å²) in [6, 6.07) is 0. The summed E-state index contributed by atoms with van der Waals surface area (Å²) in [5, 5.41) is 3.00. The van der Waals surface area contributed by atoms with Gasteiger partial charge in [-0.05, 0) is 26.3 Å². The van der Waals surface area contributed by atoms with Crippen LogP contribution in [0, 0.1) is 0 Å². The number of hydrogen-bond acceptors (Lipinski definition) is 4. The van der Waals surface area contributed by atoms with Crippen LogP contribution in [0.5, 0.6) is 0 Å². The maximum Gasteiger partial charge on any atom is 0.250 e. The molecule has 0 radical (unpaired) electrons. The average Bonchev–Trinajstić information content (AvgIpc) is 2.54. The molecule has 1 fully saturated rings. The zero-order valence-corrected chi connectivity index (χ0v) is 7.64. The second-order valence-electron chi connectivity index (χ2n) is 3.58. The van der Waals surface area contributed by atoms with Gasteiger partial charge in [0, 0.05) is 6.54 Å². The highest BCUT2D eigenvalue weighted by molar-refractivity contribution is 5.86. The van der Waals surface area contributed by atoms with Crippen molar-refractivity contribution in [2.75, 3.05) is 13.1 Å².